The van der Waals surface area contributed by atoms with Gasteiger partial charge in [-0.2, -0.15) is 5.10 Å². The molecule has 0 aliphatic heterocycles. The minimum Gasteiger partial charge on any atom is -0.268 e. The second kappa shape index (κ2) is 5.52. The largest absolute Gasteiger partial charge is 0.268 e. The molecule has 6 heteroatoms. The Morgan fingerprint density at radius 1 is 1.15 bits per heavy atom. The first-order chi connectivity index (χ1) is 9.66. The lowest BCUT2D eigenvalue weighted by molar-refractivity contribution is 1.04. The average Bonchev–Trinajstić information content (AvgIpc) is 2.85. The lowest BCUT2D eigenvalue weighted by Gasteiger charge is -2.07. The topological polar surface area (TPSA) is 33.6 Å². The Hall–Kier alpha value is -1.43. The number of para-hydroxylation sites is 1. The molecule has 1 heterocycles. The number of aromatic nitrogens is 3. The van der Waals surface area contributed by atoms with Crippen LogP contribution in [0, 0.1) is 4.77 Å². The van der Waals surface area contributed by atoms with Crippen LogP contribution in [0.3, 0.4) is 0 Å². The van der Waals surface area contributed by atoms with E-state index in [4.69, 9.17) is 23.8 Å². The summed E-state index contributed by atoms with van der Waals surface area (Å²) in [5.74, 6) is 0.749. The number of nitrogens with zero attached hydrogens (tertiary/aromatic N) is 2. The Balaban J connectivity index is 2.21. The van der Waals surface area contributed by atoms with Gasteiger partial charge in [-0.15, -0.1) is 0 Å². The van der Waals surface area contributed by atoms with Crippen LogP contribution in [0.2, 0.25) is 5.02 Å². The minimum absolute atomic E-state index is 0.553. The summed E-state index contributed by atoms with van der Waals surface area (Å²) in [6.07, 6.45) is 0. The van der Waals surface area contributed by atoms with Crippen LogP contribution in [-0.4, -0.2) is 14.8 Å². The molecule has 0 aliphatic carbocycles. The van der Waals surface area contributed by atoms with Gasteiger partial charge in [0.25, 0.3) is 0 Å². The number of halogens is 2. The first kappa shape index (κ1) is 13.5. The SMILES string of the molecule is S=c1[nH]nc(-c2ccc(Cl)c(Br)c2)n1-c1ccccc1. The molecule has 100 valence electrons. The zero-order valence-electron chi connectivity index (χ0n) is 10.2. The van der Waals surface area contributed by atoms with Crippen molar-refractivity contribution >= 4 is 39.7 Å². The summed E-state index contributed by atoms with van der Waals surface area (Å²) >= 11 is 14.8. The third-order valence-electron chi connectivity index (χ3n) is 2.86. The van der Waals surface area contributed by atoms with E-state index in [1.54, 1.807) is 0 Å². The van der Waals surface area contributed by atoms with Crippen molar-refractivity contribution < 1.29 is 0 Å². The molecule has 0 amide bonds. The van der Waals surface area contributed by atoms with Crippen LogP contribution in [0.5, 0.6) is 0 Å². The molecule has 0 radical (unpaired) electrons. The monoisotopic (exact) mass is 365 g/mol. The number of hydrogen-bond acceptors (Lipinski definition) is 2. The standard InChI is InChI=1S/C14H9BrClN3S/c15-11-8-9(6-7-12(11)16)13-17-18-14(20)19(13)10-4-2-1-3-5-10/h1-8H,(H,18,20). The van der Waals surface area contributed by atoms with Gasteiger partial charge >= 0.3 is 0 Å². The highest BCUT2D eigenvalue weighted by molar-refractivity contribution is 9.10. The maximum atomic E-state index is 6.03. The van der Waals surface area contributed by atoms with Crippen LogP contribution in [-0.2, 0) is 0 Å². The predicted molar refractivity (Wildman–Crippen MR) is 86.9 cm³/mol. The van der Waals surface area contributed by atoms with Crippen LogP contribution < -0.4 is 0 Å². The van der Waals surface area contributed by atoms with Gasteiger partial charge in [-0.3, -0.25) is 9.67 Å². The molecule has 0 saturated carbocycles. The highest BCUT2D eigenvalue weighted by Crippen LogP contribution is 2.29. The Kier molecular flexibility index (Phi) is 3.74. The van der Waals surface area contributed by atoms with Crippen molar-refractivity contribution in [1.29, 1.82) is 0 Å². The van der Waals surface area contributed by atoms with Crippen molar-refractivity contribution in [2.24, 2.45) is 0 Å². The summed E-state index contributed by atoms with van der Waals surface area (Å²) in [5.41, 5.74) is 1.89. The Bertz CT molecular complexity index is 811. The quantitative estimate of drug-likeness (QED) is 0.647. The van der Waals surface area contributed by atoms with Crippen molar-refractivity contribution in [3.63, 3.8) is 0 Å². The van der Waals surface area contributed by atoms with Gasteiger partial charge < -0.3 is 0 Å². The van der Waals surface area contributed by atoms with Crippen molar-refractivity contribution in [1.82, 2.24) is 14.8 Å². The molecule has 0 spiro atoms. The molecule has 2 aromatic carbocycles. The van der Waals surface area contributed by atoms with E-state index >= 15 is 0 Å². The number of hydrogen-bond donors (Lipinski definition) is 1. The van der Waals surface area contributed by atoms with E-state index in [0.717, 1.165) is 21.5 Å². The van der Waals surface area contributed by atoms with Crippen LogP contribution in [0.15, 0.2) is 53.0 Å². The number of nitrogens with one attached hydrogen (secondary N) is 1. The molecule has 0 fully saturated rings. The molecule has 0 bridgehead atoms. The van der Waals surface area contributed by atoms with Crippen LogP contribution in [0.25, 0.3) is 17.1 Å². The second-order valence-electron chi connectivity index (χ2n) is 4.15. The number of aromatic amines is 1. The molecular weight excluding hydrogens is 358 g/mol. The average molecular weight is 367 g/mol. The van der Waals surface area contributed by atoms with E-state index in [0.29, 0.717) is 9.79 Å². The molecule has 0 unspecified atom stereocenters. The van der Waals surface area contributed by atoms with Gasteiger partial charge in [-0.25, -0.2) is 0 Å². The summed E-state index contributed by atoms with van der Waals surface area (Å²) in [6.45, 7) is 0. The predicted octanol–water partition coefficient (Wildman–Crippen LogP) is 5.01. The van der Waals surface area contributed by atoms with Gasteiger partial charge in [0, 0.05) is 15.7 Å². The van der Waals surface area contributed by atoms with Gasteiger partial charge in [0.05, 0.1) is 5.02 Å². The fourth-order valence-corrected chi connectivity index (χ4v) is 2.68. The summed E-state index contributed by atoms with van der Waals surface area (Å²) < 4.78 is 3.27. The summed E-state index contributed by atoms with van der Waals surface area (Å²) in [7, 11) is 0. The first-order valence-corrected chi connectivity index (χ1v) is 7.43. The van der Waals surface area contributed by atoms with Gasteiger partial charge in [-0.05, 0) is 58.5 Å². The van der Waals surface area contributed by atoms with E-state index in [9.17, 15) is 0 Å². The van der Waals surface area contributed by atoms with E-state index in [-0.39, 0.29) is 0 Å². The molecule has 3 nitrogen and oxygen atoms in total. The van der Waals surface area contributed by atoms with Crippen molar-refractivity contribution in [3.05, 3.63) is 62.8 Å². The fourth-order valence-electron chi connectivity index (χ4n) is 1.94. The van der Waals surface area contributed by atoms with Gasteiger partial charge in [0.1, 0.15) is 0 Å². The highest BCUT2D eigenvalue weighted by Gasteiger charge is 2.11. The Labute approximate surface area is 134 Å². The van der Waals surface area contributed by atoms with Crippen LogP contribution >= 0.6 is 39.7 Å². The molecule has 0 saturated heterocycles. The van der Waals surface area contributed by atoms with E-state index in [1.807, 2.05) is 53.1 Å². The normalized spacial score (nSPS) is 10.7. The van der Waals surface area contributed by atoms with Gasteiger partial charge in [-0.1, -0.05) is 29.8 Å². The highest BCUT2D eigenvalue weighted by atomic mass is 79.9. The maximum absolute atomic E-state index is 6.03. The fraction of sp³-hybridized carbons (Fsp3) is 0. The number of benzene rings is 2. The van der Waals surface area contributed by atoms with E-state index in [2.05, 4.69) is 26.1 Å². The van der Waals surface area contributed by atoms with Crippen molar-refractivity contribution in [3.8, 4) is 17.1 Å². The lowest BCUT2D eigenvalue weighted by atomic mass is 10.2. The van der Waals surface area contributed by atoms with E-state index in [1.165, 1.54) is 0 Å². The Morgan fingerprint density at radius 2 is 1.90 bits per heavy atom. The zero-order valence-corrected chi connectivity index (χ0v) is 13.3. The van der Waals surface area contributed by atoms with Gasteiger partial charge in [0.15, 0.2) is 10.6 Å². The summed E-state index contributed by atoms with van der Waals surface area (Å²) in [4.78, 5) is 0. The van der Waals surface area contributed by atoms with Crippen molar-refractivity contribution in [2.45, 2.75) is 0 Å². The molecular formula is C14H9BrClN3S. The maximum Gasteiger partial charge on any atom is 0.200 e. The van der Waals surface area contributed by atoms with Crippen molar-refractivity contribution in [2.75, 3.05) is 0 Å². The number of H-pyrrole nitrogens is 1. The first-order valence-electron chi connectivity index (χ1n) is 5.85. The smallest absolute Gasteiger partial charge is 0.200 e. The third kappa shape index (κ3) is 2.44. The molecule has 20 heavy (non-hydrogen) atoms. The molecule has 1 N–H and O–H groups in total. The number of rotatable bonds is 2. The molecule has 1 aromatic heterocycles. The minimum atomic E-state index is 0.553. The second-order valence-corrected chi connectivity index (χ2v) is 5.80. The summed E-state index contributed by atoms with van der Waals surface area (Å²) in [5, 5.41) is 7.81. The molecule has 0 atom stereocenters. The lowest BCUT2D eigenvalue weighted by Crippen LogP contribution is -1.97. The third-order valence-corrected chi connectivity index (χ3v) is 4.35. The Morgan fingerprint density at radius 3 is 2.60 bits per heavy atom. The van der Waals surface area contributed by atoms with Crippen LogP contribution in [0.1, 0.15) is 0 Å². The van der Waals surface area contributed by atoms with Crippen LogP contribution in [0.4, 0.5) is 0 Å². The van der Waals surface area contributed by atoms with Gasteiger partial charge in [0.2, 0.25) is 0 Å². The summed E-state index contributed by atoms with van der Waals surface area (Å²) in [6, 6.07) is 15.5. The molecule has 0 aliphatic rings. The molecule has 3 rings (SSSR count). The van der Waals surface area contributed by atoms with E-state index < -0.39 is 0 Å². The zero-order chi connectivity index (χ0) is 14.1. The molecule has 3 aromatic rings.